The van der Waals surface area contributed by atoms with Gasteiger partial charge in [-0.15, -0.1) is 11.8 Å². The molecule has 0 spiro atoms. The Morgan fingerprint density at radius 1 is 1.12 bits per heavy atom. The number of carbonyl (C=O) groups excluding carboxylic acids is 1. The van der Waals surface area contributed by atoms with Crippen LogP contribution in [0.5, 0.6) is 0 Å². The third kappa shape index (κ3) is 4.59. The summed E-state index contributed by atoms with van der Waals surface area (Å²) >= 11 is 7.25. The molecular weight excluding hydrogens is 348 g/mol. The summed E-state index contributed by atoms with van der Waals surface area (Å²) in [4.78, 5) is 17.0. The van der Waals surface area contributed by atoms with E-state index in [1.165, 1.54) is 11.8 Å². The zero-order chi connectivity index (χ0) is 16.8. The highest BCUT2D eigenvalue weighted by molar-refractivity contribution is 8.00. The number of esters is 1. The van der Waals surface area contributed by atoms with Crippen LogP contribution in [-0.4, -0.2) is 21.9 Å². The molecule has 0 fully saturated rings. The van der Waals surface area contributed by atoms with Crippen LogP contribution in [0.15, 0.2) is 64.0 Å². The van der Waals surface area contributed by atoms with Gasteiger partial charge in [0, 0.05) is 15.5 Å². The fourth-order valence-electron chi connectivity index (χ4n) is 1.87. The highest BCUT2D eigenvalue weighted by Gasteiger charge is 2.11. The fourth-order valence-corrected chi connectivity index (χ4v) is 2.72. The largest absolute Gasteiger partial charge is 0.455 e. The highest BCUT2D eigenvalue weighted by Crippen LogP contribution is 2.19. The lowest BCUT2D eigenvalue weighted by Gasteiger charge is -2.02. The number of aromatic nitrogens is 2. The Morgan fingerprint density at radius 3 is 2.62 bits per heavy atom. The van der Waals surface area contributed by atoms with Gasteiger partial charge in [0.1, 0.15) is 0 Å². The van der Waals surface area contributed by atoms with Crippen molar-refractivity contribution in [3.63, 3.8) is 0 Å². The molecule has 0 N–H and O–H groups in total. The number of thioether (sulfide) groups is 1. The van der Waals surface area contributed by atoms with Crippen LogP contribution in [0.25, 0.3) is 11.4 Å². The summed E-state index contributed by atoms with van der Waals surface area (Å²) in [6, 6.07) is 16.7. The number of hydrogen-bond acceptors (Lipinski definition) is 6. The van der Waals surface area contributed by atoms with Crippen LogP contribution in [-0.2, 0) is 16.1 Å². The second-order valence-corrected chi connectivity index (χ2v) is 6.27. The molecule has 5 nitrogen and oxygen atoms in total. The first kappa shape index (κ1) is 16.5. The minimum Gasteiger partial charge on any atom is -0.455 e. The molecule has 0 aliphatic carbocycles. The SMILES string of the molecule is O=C(CSc1ccccc1)OCc1nc(-c2ccc(Cl)cc2)no1. The molecule has 0 aliphatic rings. The zero-order valence-electron chi connectivity index (χ0n) is 12.5. The van der Waals surface area contributed by atoms with E-state index in [0.29, 0.717) is 10.8 Å². The van der Waals surface area contributed by atoms with Crippen molar-refractivity contribution in [2.24, 2.45) is 0 Å². The number of halogens is 1. The Morgan fingerprint density at radius 2 is 1.88 bits per heavy atom. The summed E-state index contributed by atoms with van der Waals surface area (Å²) in [7, 11) is 0. The summed E-state index contributed by atoms with van der Waals surface area (Å²) in [6.07, 6.45) is 0. The molecule has 0 unspecified atom stereocenters. The molecule has 0 saturated heterocycles. The van der Waals surface area contributed by atoms with Crippen LogP contribution in [0.3, 0.4) is 0 Å². The van der Waals surface area contributed by atoms with Crippen molar-refractivity contribution in [1.29, 1.82) is 0 Å². The van der Waals surface area contributed by atoms with E-state index < -0.39 is 0 Å². The fraction of sp³-hybridized carbons (Fsp3) is 0.118. The summed E-state index contributed by atoms with van der Waals surface area (Å²) in [6.45, 7) is -0.0469. The lowest BCUT2D eigenvalue weighted by molar-refractivity contribution is -0.142. The van der Waals surface area contributed by atoms with Crippen LogP contribution < -0.4 is 0 Å². The van der Waals surface area contributed by atoms with Gasteiger partial charge in [-0.1, -0.05) is 35.0 Å². The molecule has 1 heterocycles. The first-order valence-corrected chi connectivity index (χ1v) is 8.49. The van der Waals surface area contributed by atoms with E-state index in [-0.39, 0.29) is 24.2 Å². The molecule has 3 aromatic rings. The smallest absolute Gasteiger partial charge is 0.316 e. The molecule has 2 aromatic carbocycles. The molecule has 1 aromatic heterocycles. The van der Waals surface area contributed by atoms with Crippen molar-refractivity contribution in [1.82, 2.24) is 10.1 Å². The minimum atomic E-state index is -0.338. The Labute approximate surface area is 148 Å². The van der Waals surface area contributed by atoms with Crippen LogP contribution in [0.4, 0.5) is 0 Å². The first-order chi connectivity index (χ1) is 11.7. The van der Waals surface area contributed by atoms with E-state index in [0.717, 1.165) is 10.5 Å². The van der Waals surface area contributed by atoms with Gasteiger partial charge in [-0.3, -0.25) is 4.79 Å². The van der Waals surface area contributed by atoms with Gasteiger partial charge in [0.15, 0.2) is 6.61 Å². The van der Waals surface area contributed by atoms with Crippen molar-refractivity contribution in [3.8, 4) is 11.4 Å². The topological polar surface area (TPSA) is 65.2 Å². The third-order valence-electron chi connectivity index (χ3n) is 3.03. The van der Waals surface area contributed by atoms with Crippen LogP contribution in [0, 0.1) is 0 Å². The maximum absolute atomic E-state index is 11.8. The van der Waals surface area contributed by atoms with Crippen molar-refractivity contribution >= 4 is 29.3 Å². The molecule has 7 heteroatoms. The Kier molecular flexibility index (Phi) is 5.51. The minimum absolute atomic E-state index is 0.0469. The van der Waals surface area contributed by atoms with E-state index in [2.05, 4.69) is 10.1 Å². The molecule has 122 valence electrons. The molecule has 0 atom stereocenters. The number of nitrogens with zero attached hydrogens (tertiary/aromatic N) is 2. The molecular formula is C17H13ClN2O3S. The van der Waals surface area contributed by atoms with Gasteiger partial charge in [-0.25, -0.2) is 0 Å². The Bertz CT molecular complexity index is 806. The second kappa shape index (κ2) is 7.99. The molecule has 0 bridgehead atoms. The Balaban J connectivity index is 1.50. The molecule has 3 rings (SSSR count). The van der Waals surface area contributed by atoms with E-state index in [4.69, 9.17) is 20.9 Å². The predicted molar refractivity (Wildman–Crippen MR) is 91.7 cm³/mol. The van der Waals surface area contributed by atoms with E-state index in [1.54, 1.807) is 24.3 Å². The molecule has 0 saturated carbocycles. The normalized spacial score (nSPS) is 10.5. The standard InChI is InChI=1S/C17H13ClN2O3S/c18-13-8-6-12(7-9-13)17-19-15(23-20-17)10-22-16(21)11-24-14-4-2-1-3-5-14/h1-9H,10-11H2. The average Bonchev–Trinajstić information content (AvgIpc) is 3.09. The molecule has 0 amide bonds. The van der Waals surface area contributed by atoms with Crippen molar-refractivity contribution in [2.45, 2.75) is 11.5 Å². The van der Waals surface area contributed by atoms with Gasteiger partial charge in [-0.2, -0.15) is 4.98 Å². The summed E-state index contributed by atoms with van der Waals surface area (Å²) < 4.78 is 10.2. The zero-order valence-corrected chi connectivity index (χ0v) is 14.1. The first-order valence-electron chi connectivity index (χ1n) is 7.13. The molecule has 0 radical (unpaired) electrons. The van der Waals surface area contributed by atoms with Gasteiger partial charge in [0.25, 0.3) is 5.89 Å². The second-order valence-electron chi connectivity index (χ2n) is 4.78. The lowest BCUT2D eigenvalue weighted by Crippen LogP contribution is -2.07. The van der Waals surface area contributed by atoms with Crippen LogP contribution >= 0.6 is 23.4 Å². The van der Waals surface area contributed by atoms with Crippen LogP contribution in [0.1, 0.15) is 5.89 Å². The number of hydrogen-bond donors (Lipinski definition) is 0. The predicted octanol–water partition coefficient (Wildman–Crippen LogP) is 4.23. The third-order valence-corrected chi connectivity index (χ3v) is 4.26. The van der Waals surface area contributed by atoms with Crippen LogP contribution in [0.2, 0.25) is 5.02 Å². The highest BCUT2D eigenvalue weighted by atomic mass is 35.5. The summed E-state index contributed by atoms with van der Waals surface area (Å²) in [5, 5.41) is 4.49. The van der Waals surface area contributed by atoms with Crippen molar-refractivity contribution in [2.75, 3.05) is 5.75 Å². The molecule has 0 aliphatic heterocycles. The van der Waals surface area contributed by atoms with Crippen molar-refractivity contribution < 1.29 is 14.1 Å². The summed E-state index contributed by atoms with van der Waals surface area (Å²) in [5.41, 5.74) is 0.778. The van der Waals surface area contributed by atoms with Gasteiger partial charge in [0.05, 0.1) is 5.75 Å². The maximum atomic E-state index is 11.8. The van der Waals surface area contributed by atoms with E-state index in [9.17, 15) is 4.79 Å². The van der Waals surface area contributed by atoms with Gasteiger partial charge < -0.3 is 9.26 Å². The number of ether oxygens (including phenoxy) is 1. The molecule has 24 heavy (non-hydrogen) atoms. The van der Waals surface area contributed by atoms with Gasteiger partial charge in [-0.05, 0) is 36.4 Å². The summed E-state index contributed by atoms with van der Waals surface area (Å²) in [5.74, 6) is 0.562. The number of carbonyl (C=O) groups is 1. The average molecular weight is 361 g/mol. The number of rotatable bonds is 6. The quantitative estimate of drug-likeness (QED) is 0.484. The lowest BCUT2D eigenvalue weighted by atomic mass is 10.2. The van der Waals surface area contributed by atoms with E-state index in [1.807, 2.05) is 30.3 Å². The maximum Gasteiger partial charge on any atom is 0.316 e. The monoisotopic (exact) mass is 360 g/mol. The van der Waals surface area contributed by atoms with Gasteiger partial charge >= 0.3 is 5.97 Å². The van der Waals surface area contributed by atoms with Crippen molar-refractivity contribution in [3.05, 3.63) is 65.5 Å². The van der Waals surface area contributed by atoms with E-state index >= 15 is 0 Å². The van der Waals surface area contributed by atoms with Gasteiger partial charge in [0.2, 0.25) is 5.82 Å². The number of benzene rings is 2. The Hall–Kier alpha value is -2.31.